The largest absolute Gasteiger partial charge is 0.463 e. The molecule has 1 atom stereocenters. The lowest BCUT2D eigenvalue weighted by atomic mass is 9.96. The molecule has 0 amide bonds. The molecule has 2 aromatic heterocycles. The molecule has 0 fully saturated rings. The van der Waals surface area contributed by atoms with E-state index in [1.807, 2.05) is 0 Å². The first kappa shape index (κ1) is 25.0. The molecule has 4 aromatic rings. The summed E-state index contributed by atoms with van der Waals surface area (Å²) in [6.45, 7) is 3.47. The van der Waals surface area contributed by atoms with E-state index in [4.69, 9.17) is 9.15 Å². The second kappa shape index (κ2) is 10.0. The molecule has 0 N–H and O–H groups in total. The number of rotatable bonds is 6. The molecule has 5 rings (SSSR count). The molecule has 0 saturated heterocycles. The molecule has 1 aliphatic heterocycles. The number of esters is 1. The molecule has 3 heterocycles. The lowest BCUT2D eigenvalue weighted by molar-refractivity contribution is -0.384. The van der Waals surface area contributed by atoms with Crippen molar-refractivity contribution >= 4 is 29.1 Å². The molecule has 1 aliphatic rings. The Morgan fingerprint density at radius 3 is 2.66 bits per heavy atom. The van der Waals surface area contributed by atoms with Crippen LogP contribution in [0.2, 0.25) is 0 Å². The summed E-state index contributed by atoms with van der Waals surface area (Å²) in [4.78, 5) is 42.3. The molecule has 0 radical (unpaired) electrons. The SMILES string of the molecule is CCOC(=O)C1=C(C)N=c2sc(=Cc3ccc(-c4ccccc4[N+](=O)[O-])o3)c(=O)n2C1c1ccc(F)cc1. The predicted molar refractivity (Wildman–Crippen MR) is 138 cm³/mol. The number of para-hydroxylation sites is 1. The molecular weight excluding hydrogens is 513 g/mol. The Balaban J connectivity index is 1.64. The van der Waals surface area contributed by atoms with Gasteiger partial charge in [0.15, 0.2) is 4.80 Å². The number of fused-ring (bicyclic) bond motifs is 1. The average Bonchev–Trinajstić information content (AvgIpc) is 3.48. The van der Waals surface area contributed by atoms with Crippen molar-refractivity contribution in [2.45, 2.75) is 19.9 Å². The minimum absolute atomic E-state index is 0.103. The summed E-state index contributed by atoms with van der Waals surface area (Å²) >= 11 is 1.10. The fraction of sp³-hybridized carbons (Fsp3) is 0.148. The number of carbonyl (C=O) groups excluding carboxylic acids is 1. The van der Waals surface area contributed by atoms with Crippen molar-refractivity contribution in [3.05, 3.63) is 119 Å². The Kier molecular flexibility index (Phi) is 6.60. The minimum atomic E-state index is -0.868. The maximum atomic E-state index is 13.7. The quantitative estimate of drug-likeness (QED) is 0.209. The Morgan fingerprint density at radius 1 is 1.21 bits per heavy atom. The standard InChI is InChI=1S/C27H20FN3O6S/c1-3-36-26(33)23-15(2)29-27-30(24(23)16-8-10-17(28)11-9-16)25(32)22(38-27)14-18-12-13-21(37-18)19-6-4-5-7-20(19)31(34)35/h4-14,24H,3H2,1-2H3. The normalized spacial score (nSPS) is 15.2. The molecule has 1 unspecified atom stereocenters. The predicted octanol–water partition coefficient (Wildman–Crippen LogP) is 4.11. The van der Waals surface area contributed by atoms with Crippen molar-refractivity contribution in [2.24, 2.45) is 4.99 Å². The van der Waals surface area contributed by atoms with E-state index in [-0.39, 0.29) is 28.2 Å². The van der Waals surface area contributed by atoms with Crippen LogP contribution in [0.3, 0.4) is 0 Å². The van der Waals surface area contributed by atoms with Gasteiger partial charge in [-0.25, -0.2) is 14.2 Å². The van der Waals surface area contributed by atoms with Crippen molar-refractivity contribution in [3.63, 3.8) is 0 Å². The maximum absolute atomic E-state index is 13.7. The van der Waals surface area contributed by atoms with E-state index in [0.717, 1.165) is 11.3 Å². The van der Waals surface area contributed by atoms with Crippen molar-refractivity contribution in [2.75, 3.05) is 6.61 Å². The number of benzene rings is 2. The molecule has 0 spiro atoms. The van der Waals surface area contributed by atoms with Gasteiger partial charge in [0.1, 0.15) is 17.3 Å². The second-order valence-electron chi connectivity index (χ2n) is 8.33. The number of furan rings is 1. The number of hydrogen-bond acceptors (Lipinski definition) is 8. The molecule has 0 bridgehead atoms. The summed E-state index contributed by atoms with van der Waals surface area (Å²) in [6.07, 6.45) is 1.52. The molecule has 11 heteroatoms. The lowest BCUT2D eigenvalue weighted by Crippen LogP contribution is -2.39. The van der Waals surface area contributed by atoms with Gasteiger partial charge in [-0.1, -0.05) is 35.6 Å². The van der Waals surface area contributed by atoms with Crippen LogP contribution >= 0.6 is 11.3 Å². The van der Waals surface area contributed by atoms with Gasteiger partial charge in [0.25, 0.3) is 11.2 Å². The summed E-state index contributed by atoms with van der Waals surface area (Å²) in [5.41, 5.74) is 0.879. The molecule has 0 saturated carbocycles. The highest BCUT2D eigenvalue weighted by molar-refractivity contribution is 7.07. The highest BCUT2D eigenvalue weighted by Crippen LogP contribution is 2.32. The molecule has 38 heavy (non-hydrogen) atoms. The smallest absolute Gasteiger partial charge is 0.338 e. The van der Waals surface area contributed by atoms with Gasteiger partial charge >= 0.3 is 5.97 Å². The Morgan fingerprint density at radius 2 is 1.95 bits per heavy atom. The molecule has 2 aromatic carbocycles. The molecule has 9 nitrogen and oxygen atoms in total. The fourth-order valence-corrected chi connectivity index (χ4v) is 5.32. The van der Waals surface area contributed by atoms with Crippen LogP contribution in [-0.2, 0) is 9.53 Å². The first-order valence-corrected chi connectivity index (χ1v) is 12.4. The summed E-state index contributed by atoms with van der Waals surface area (Å²) in [5.74, 6) is -0.478. The van der Waals surface area contributed by atoms with Crippen molar-refractivity contribution in [1.29, 1.82) is 0 Å². The third-order valence-electron chi connectivity index (χ3n) is 5.97. The van der Waals surface area contributed by atoms with Gasteiger partial charge in [-0.15, -0.1) is 0 Å². The molecule has 0 aliphatic carbocycles. The van der Waals surface area contributed by atoms with E-state index < -0.39 is 28.3 Å². The maximum Gasteiger partial charge on any atom is 0.338 e. The minimum Gasteiger partial charge on any atom is -0.463 e. The van der Waals surface area contributed by atoms with E-state index in [9.17, 15) is 24.1 Å². The molecule has 192 valence electrons. The number of allylic oxidation sites excluding steroid dienone is 1. The Hall–Kier alpha value is -4.64. The van der Waals surface area contributed by atoms with Gasteiger partial charge in [-0.05, 0) is 49.7 Å². The summed E-state index contributed by atoms with van der Waals surface area (Å²) in [7, 11) is 0. The number of nitrogens with zero attached hydrogens (tertiary/aromatic N) is 3. The first-order chi connectivity index (χ1) is 18.3. The van der Waals surface area contributed by atoms with Crippen LogP contribution in [-0.4, -0.2) is 22.1 Å². The first-order valence-electron chi connectivity index (χ1n) is 11.6. The van der Waals surface area contributed by atoms with Crippen LogP contribution in [0.1, 0.15) is 31.2 Å². The van der Waals surface area contributed by atoms with E-state index in [1.54, 1.807) is 44.2 Å². The number of ether oxygens (including phenoxy) is 1. The Labute approximate surface area is 218 Å². The zero-order valence-electron chi connectivity index (χ0n) is 20.2. The van der Waals surface area contributed by atoms with Crippen LogP contribution in [0.4, 0.5) is 10.1 Å². The third kappa shape index (κ3) is 4.48. The van der Waals surface area contributed by atoms with E-state index in [2.05, 4.69) is 4.99 Å². The average molecular weight is 534 g/mol. The number of nitro groups is 1. The number of aromatic nitrogens is 1. The lowest BCUT2D eigenvalue weighted by Gasteiger charge is -2.24. The van der Waals surface area contributed by atoms with Crippen molar-refractivity contribution < 1.29 is 23.3 Å². The van der Waals surface area contributed by atoms with Crippen LogP contribution in [0.5, 0.6) is 0 Å². The highest BCUT2D eigenvalue weighted by Gasteiger charge is 2.33. The monoisotopic (exact) mass is 533 g/mol. The zero-order valence-corrected chi connectivity index (χ0v) is 21.0. The zero-order chi connectivity index (χ0) is 27.0. The second-order valence-corrected chi connectivity index (χ2v) is 9.34. The van der Waals surface area contributed by atoms with Gasteiger partial charge in [0.05, 0.1) is 38.9 Å². The number of thiazole rings is 1. The van der Waals surface area contributed by atoms with Crippen LogP contribution in [0.15, 0.2) is 86.1 Å². The van der Waals surface area contributed by atoms with Gasteiger partial charge in [-0.2, -0.15) is 0 Å². The van der Waals surface area contributed by atoms with Crippen LogP contribution < -0.4 is 14.9 Å². The molecular formula is C27H20FN3O6S. The van der Waals surface area contributed by atoms with Crippen LogP contribution in [0.25, 0.3) is 17.4 Å². The third-order valence-corrected chi connectivity index (χ3v) is 6.95. The summed E-state index contributed by atoms with van der Waals surface area (Å²) in [6, 6.07) is 14.1. The summed E-state index contributed by atoms with van der Waals surface area (Å²) < 4.78 is 26.4. The topological polar surface area (TPSA) is 117 Å². The van der Waals surface area contributed by atoms with Crippen molar-refractivity contribution in [1.82, 2.24) is 4.57 Å². The van der Waals surface area contributed by atoms with Gasteiger partial charge in [-0.3, -0.25) is 19.5 Å². The fourth-order valence-electron chi connectivity index (χ4n) is 4.30. The van der Waals surface area contributed by atoms with Crippen LogP contribution in [0, 0.1) is 15.9 Å². The van der Waals surface area contributed by atoms with E-state index in [1.165, 1.54) is 41.0 Å². The summed E-state index contributed by atoms with van der Waals surface area (Å²) in [5, 5.41) is 11.4. The van der Waals surface area contributed by atoms with Gasteiger partial charge in [0, 0.05) is 12.1 Å². The van der Waals surface area contributed by atoms with Gasteiger partial charge in [0.2, 0.25) is 0 Å². The number of hydrogen-bond donors (Lipinski definition) is 0. The Bertz CT molecular complexity index is 1780. The number of halogens is 1. The van der Waals surface area contributed by atoms with E-state index in [0.29, 0.717) is 27.4 Å². The van der Waals surface area contributed by atoms with Crippen molar-refractivity contribution in [3.8, 4) is 11.3 Å². The van der Waals surface area contributed by atoms with E-state index >= 15 is 0 Å². The number of nitro benzene ring substituents is 1. The highest BCUT2D eigenvalue weighted by atomic mass is 32.1. The van der Waals surface area contributed by atoms with Gasteiger partial charge < -0.3 is 9.15 Å². The number of carbonyl (C=O) groups is 1.